The molecule has 0 aliphatic heterocycles. The van der Waals surface area contributed by atoms with Crippen LogP contribution in [-0.2, 0) is 10.0 Å². The zero-order valence-electron chi connectivity index (χ0n) is 15.7. The van der Waals surface area contributed by atoms with Gasteiger partial charge in [0.2, 0.25) is 10.0 Å². The SMILES string of the molecule is CCC(C)NS(=O)(=O)c1ccc(NC(=S)NC(=O)c2ccc(C)c(I)c2)cc1. The molecule has 0 saturated carbocycles. The molecule has 28 heavy (non-hydrogen) atoms. The number of carbonyl (C=O) groups excluding carboxylic acids is 1. The molecule has 1 unspecified atom stereocenters. The van der Waals surface area contributed by atoms with E-state index in [4.69, 9.17) is 12.2 Å². The monoisotopic (exact) mass is 531 g/mol. The molecule has 1 amide bonds. The Kier molecular flexibility index (Phi) is 7.93. The molecule has 3 N–H and O–H groups in total. The van der Waals surface area contributed by atoms with E-state index in [9.17, 15) is 13.2 Å². The average molecular weight is 531 g/mol. The van der Waals surface area contributed by atoms with Crippen molar-refractivity contribution in [3.8, 4) is 0 Å². The van der Waals surface area contributed by atoms with E-state index in [0.717, 1.165) is 9.13 Å². The van der Waals surface area contributed by atoms with Crippen molar-refractivity contribution in [2.45, 2.75) is 38.1 Å². The summed E-state index contributed by atoms with van der Waals surface area (Å²) in [5, 5.41) is 5.63. The van der Waals surface area contributed by atoms with E-state index >= 15 is 0 Å². The van der Waals surface area contributed by atoms with Crippen molar-refractivity contribution in [2.75, 3.05) is 5.32 Å². The summed E-state index contributed by atoms with van der Waals surface area (Å²) in [4.78, 5) is 12.5. The third-order valence-corrected chi connectivity index (χ3v) is 7.02. The number of aryl methyl sites for hydroxylation is 1. The Morgan fingerprint density at radius 2 is 1.82 bits per heavy atom. The zero-order chi connectivity index (χ0) is 20.9. The normalized spacial score (nSPS) is 12.3. The molecular weight excluding hydrogens is 509 g/mol. The zero-order valence-corrected chi connectivity index (χ0v) is 19.5. The van der Waals surface area contributed by atoms with Gasteiger partial charge in [-0.2, -0.15) is 0 Å². The minimum atomic E-state index is -3.56. The number of thiocarbonyl (C=S) groups is 1. The van der Waals surface area contributed by atoms with E-state index in [0.29, 0.717) is 17.7 Å². The predicted octanol–water partition coefficient (Wildman–Crippen LogP) is 3.80. The summed E-state index contributed by atoms with van der Waals surface area (Å²) in [6.07, 6.45) is 0.701. The van der Waals surface area contributed by atoms with Gasteiger partial charge >= 0.3 is 0 Å². The number of hydrogen-bond donors (Lipinski definition) is 3. The lowest BCUT2D eigenvalue weighted by molar-refractivity contribution is 0.0977. The highest BCUT2D eigenvalue weighted by Crippen LogP contribution is 2.16. The van der Waals surface area contributed by atoms with Crippen LogP contribution in [0.5, 0.6) is 0 Å². The second-order valence-corrected chi connectivity index (χ2v) is 9.61. The highest BCUT2D eigenvalue weighted by Gasteiger charge is 2.16. The van der Waals surface area contributed by atoms with Gasteiger partial charge in [-0.3, -0.25) is 10.1 Å². The molecular formula is C19H22IN3O3S2. The van der Waals surface area contributed by atoms with Crippen LogP contribution in [-0.4, -0.2) is 25.5 Å². The number of sulfonamides is 1. The largest absolute Gasteiger partial charge is 0.332 e. The van der Waals surface area contributed by atoms with Gasteiger partial charge in [0.15, 0.2) is 5.11 Å². The molecule has 0 fully saturated rings. The number of nitrogens with one attached hydrogen (secondary N) is 3. The van der Waals surface area contributed by atoms with Gasteiger partial charge in [0, 0.05) is 20.9 Å². The maximum absolute atomic E-state index is 12.3. The Morgan fingerprint density at radius 1 is 1.18 bits per heavy atom. The lowest BCUT2D eigenvalue weighted by atomic mass is 10.1. The Labute approximate surface area is 184 Å². The lowest BCUT2D eigenvalue weighted by Gasteiger charge is -2.13. The fraction of sp³-hybridized carbons (Fsp3) is 0.263. The summed E-state index contributed by atoms with van der Waals surface area (Å²) < 4.78 is 28.1. The molecule has 0 heterocycles. The van der Waals surface area contributed by atoms with Crippen LogP contribution in [0.25, 0.3) is 0 Å². The first-order chi connectivity index (χ1) is 13.1. The van der Waals surface area contributed by atoms with Gasteiger partial charge in [0.1, 0.15) is 0 Å². The second-order valence-electron chi connectivity index (χ2n) is 6.33. The van der Waals surface area contributed by atoms with Crippen LogP contribution < -0.4 is 15.4 Å². The number of carbonyl (C=O) groups is 1. The van der Waals surface area contributed by atoms with Crippen LogP contribution >= 0.6 is 34.8 Å². The maximum atomic E-state index is 12.3. The molecule has 0 aliphatic carbocycles. The van der Waals surface area contributed by atoms with Gasteiger partial charge in [-0.15, -0.1) is 0 Å². The van der Waals surface area contributed by atoms with Crippen LogP contribution in [0.4, 0.5) is 5.69 Å². The molecule has 1 atom stereocenters. The van der Waals surface area contributed by atoms with Crippen LogP contribution in [0, 0.1) is 10.5 Å². The maximum Gasteiger partial charge on any atom is 0.257 e. The third-order valence-electron chi connectivity index (χ3n) is 4.05. The number of amides is 1. The summed E-state index contributed by atoms with van der Waals surface area (Å²) in [6.45, 7) is 5.69. The van der Waals surface area contributed by atoms with E-state index in [-0.39, 0.29) is 22.0 Å². The quantitative estimate of drug-likeness (QED) is 0.390. The molecule has 9 heteroatoms. The fourth-order valence-electron chi connectivity index (χ4n) is 2.21. The topological polar surface area (TPSA) is 87.3 Å². The second kappa shape index (κ2) is 9.77. The molecule has 0 spiro atoms. The Balaban J connectivity index is 2.00. The van der Waals surface area contributed by atoms with E-state index in [1.54, 1.807) is 24.3 Å². The van der Waals surface area contributed by atoms with E-state index in [1.807, 2.05) is 26.8 Å². The number of halogens is 1. The molecule has 150 valence electrons. The number of anilines is 1. The molecule has 2 aromatic rings. The molecule has 0 aromatic heterocycles. The molecule has 6 nitrogen and oxygen atoms in total. The number of benzene rings is 2. The molecule has 0 bridgehead atoms. The highest BCUT2D eigenvalue weighted by atomic mass is 127. The van der Waals surface area contributed by atoms with Crippen LogP contribution in [0.3, 0.4) is 0 Å². The van der Waals surface area contributed by atoms with E-state index in [2.05, 4.69) is 37.9 Å². The van der Waals surface area contributed by atoms with Crippen molar-refractivity contribution >= 4 is 61.5 Å². The molecule has 2 rings (SSSR count). The fourth-order valence-corrected chi connectivity index (χ4v) is 4.26. The summed E-state index contributed by atoms with van der Waals surface area (Å²) in [5.41, 5.74) is 2.18. The Bertz CT molecular complexity index is 976. The van der Waals surface area contributed by atoms with Crippen molar-refractivity contribution < 1.29 is 13.2 Å². The van der Waals surface area contributed by atoms with Gasteiger partial charge in [-0.25, -0.2) is 13.1 Å². The summed E-state index contributed by atoms with van der Waals surface area (Å²) in [5.74, 6) is -0.313. The first-order valence-electron chi connectivity index (χ1n) is 8.63. The van der Waals surface area contributed by atoms with Gasteiger partial charge in [0.05, 0.1) is 4.90 Å². The van der Waals surface area contributed by atoms with E-state index in [1.165, 1.54) is 12.1 Å². The van der Waals surface area contributed by atoms with Crippen molar-refractivity contribution in [2.24, 2.45) is 0 Å². The van der Waals surface area contributed by atoms with Gasteiger partial charge in [-0.05, 0) is 97.0 Å². The van der Waals surface area contributed by atoms with Crippen LogP contribution in [0.1, 0.15) is 36.2 Å². The summed E-state index contributed by atoms with van der Waals surface area (Å²) in [6, 6.07) is 11.4. The van der Waals surface area contributed by atoms with Gasteiger partial charge in [-0.1, -0.05) is 13.0 Å². The van der Waals surface area contributed by atoms with Crippen molar-refractivity contribution in [3.05, 3.63) is 57.2 Å². The minimum absolute atomic E-state index is 0.133. The minimum Gasteiger partial charge on any atom is -0.332 e. The van der Waals surface area contributed by atoms with Crippen molar-refractivity contribution in [1.82, 2.24) is 10.0 Å². The standard InChI is InChI=1S/C19H22IN3O3S2/c1-4-13(3)23-28(25,26)16-9-7-15(8-10-16)21-19(27)22-18(24)14-6-5-12(2)17(20)11-14/h5-11,13,23H,4H2,1-3H3,(H2,21,22,24,27). The van der Waals surface area contributed by atoms with Crippen LogP contribution in [0.15, 0.2) is 47.4 Å². The highest BCUT2D eigenvalue weighted by molar-refractivity contribution is 14.1. The lowest BCUT2D eigenvalue weighted by Crippen LogP contribution is -2.34. The molecule has 0 saturated heterocycles. The van der Waals surface area contributed by atoms with Crippen molar-refractivity contribution in [1.29, 1.82) is 0 Å². The molecule has 0 radical (unpaired) electrons. The predicted molar refractivity (Wildman–Crippen MR) is 124 cm³/mol. The van der Waals surface area contributed by atoms with Crippen LogP contribution in [0.2, 0.25) is 0 Å². The van der Waals surface area contributed by atoms with Gasteiger partial charge in [0.25, 0.3) is 5.91 Å². The number of hydrogen-bond acceptors (Lipinski definition) is 4. The third kappa shape index (κ3) is 6.23. The summed E-state index contributed by atoms with van der Waals surface area (Å²) >= 11 is 7.35. The first kappa shape index (κ1) is 22.7. The average Bonchev–Trinajstić information content (AvgIpc) is 2.63. The smallest absolute Gasteiger partial charge is 0.257 e. The van der Waals surface area contributed by atoms with E-state index < -0.39 is 10.0 Å². The molecule has 2 aromatic carbocycles. The Morgan fingerprint density at radius 3 is 2.39 bits per heavy atom. The Hall–Kier alpha value is -1.56. The van der Waals surface area contributed by atoms with Crippen molar-refractivity contribution in [3.63, 3.8) is 0 Å². The number of rotatable bonds is 6. The summed E-state index contributed by atoms with van der Waals surface area (Å²) in [7, 11) is -3.56. The first-order valence-corrected chi connectivity index (χ1v) is 11.6. The molecule has 0 aliphatic rings. The van der Waals surface area contributed by atoms with Gasteiger partial charge < -0.3 is 5.32 Å².